The second-order valence-corrected chi connectivity index (χ2v) is 7.48. The number of rotatable bonds is 4. The number of carbonyl (C=O) groups excluding carboxylic acids is 1. The third-order valence-electron chi connectivity index (χ3n) is 5.15. The summed E-state index contributed by atoms with van der Waals surface area (Å²) in [6.45, 7) is 4.62. The minimum Gasteiger partial charge on any atom is -0.373 e. The maximum Gasteiger partial charge on any atom is 0.319 e. The minimum absolute atomic E-state index is 0.0182. The molecule has 1 fully saturated rings. The molecule has 0 aliphatic carbocycles. The van der Waals surface area contributed by atoms with E-state index in [4.69, 9.17) is 4.74 Å². The lowest BCUT2D eigenvalue weighted by molar-refractivity contribution is 0.00254. The second kappa shape index (κ2) is 8.49. The Balaban J connectivity index is 1.38. The van der Waals surface area contributed by atoms with Crippen molar-refractivity contribution in [3.05, 3.63) is 77.6 Å². The number of aryl methyl sites for hydroxylation is 2. The molecule has 0 spiro atoms. The number of amides is 2. The zero-order valence-corrected chi connectivity index (χ0v) is 16.8. The number of aromatic nitrogens is 2. The second-order valence-electron chi connectivity index (χ2n) is 7.48. The largest absolute Gasteiger partial charge is 0.373 e. The molecular weight excluding hydrogens is 364 g/mol. The van der Waals surface area contributed by atoms with E-state index in [9.17, 15) is 4.79 Å². The quantitative estimate of drug-likeness (QED) is 0.688. The highest BCUT2D eigenvalue weighted by Crippen LogP contribution is 2.28. The number of urea groups is 1. The van der Waals surface area contributed by atoms with Crippen LogP contribution in [0.2, 0.25) is 0 Å². The van der Waals surface area contributed by atoms with E-state index in [0.29, 0.717) is 6.61 Å². The summed E-state index contributed by atoms with van der Waals surface area (Å²) < 4.78 is 7.77. The molecule has 6 heteroatoms. The topological polar surface area (TPSA) is 68.2 Å². The Hall–Kier alpha value is -3.12. The minimum atomic E-state index is -0.200. The van der Waals surface area contributed by atoms with Crippen LogP contribution in [0.25, 0.3) is 5.69 Å². The smallest absolute Gasteiger partial charge is 0.319 e. The molecule has 0 saturated carbocycles. The zero-order valence-electron chi connectivity index (χ0n) is 16.8. The third kappa shape index (κ3) is 4.66. The Morgan fingerprint density at radius 2 is 1.93 bits per heavy atom. The average Bonchev–Trinajstić information content (AvgIpc) is 3.07. The SMILES string of the molecule is Cc1cc(C)n(-c2cccc(NC(=O)N[C@@H]3CCO[C@H](c4ccccc4)C3)c2)n1. The molecule has 0 radical (unpaired) electrons. The molecule has 2 atom stereocenters. The third-order valence-corrected chi connectivity index (χ3v) is 5.15. The first-order valence-corrected chi connectivity index (χ1v) is 9.96. The van der Waals surface area contributed by atoms with Gasteiger partial charge in [0.1, 0.15) is 0 Å². The van der Waals surface area contributed by atoms with Crippen molar-refractivity contribution in [3.63, 3.8) is 0 Å². The van der Waals surface area contributed by atoms with Gasteiger partial charge < -0.3 is 15.4 Å². The van der Waals surface area contributed by atoms with Crippen LogP contribution in [0, 0.1) is 13.8 Å². The molecule has 1 saturated heterocycles. The summed E-state index contributed by atoms with van der Waals surface area (Å²) in [6, 6.07) is 19.8. The standard InChI is InChI=1S/C23H26N4O2/c1-16-13-17(2)27(26-16)21-10-6-9-19(14-21)24-23(28)25-20-11-12-29-22(15-20)18-7-4-3-5-8-18/h3-10,13-14,20,22H,11-12,15H2,1-2H3,(H2,24,25,28)/t20-,22+/m1/s1. The van der Waals surface area contributed by atoms with E-state index in [1.165, 1.54) is 0 Å². The predicted molar refractivity (Wildman–Crippen MR) is 113 cm³/mol. The van der Waals surface area contributed by atoms with Gasteiger partial charge in [-0.15, -0.1) is 0 Å². The van der Waals surface area contributed by atoms with E-state index in [0.717, 1.165) is 41.2 Å². The highest BCUT2D eigenvalue weighted by molar-refractivity contribution is 5.89. The zero-order chi connectivity index (χ0) is 20.2. The molecule has 1 aliphatic rings. The van der Waals surface area contributed by atoms with Gasteiger partial charge in [0.05, 0.1) is 17.5 Å². The summed E-state index contributed by atoms with van der Waals surface area (Å²) in [4.78, 5) is 12.6. The fourth-order valence-electron chi connectivity index (χ4n) is 3.79. The molecule has 2 heterocycles. The summed E-state index contributed by atoms with van der Waals surface area (Å²) in [5, 5.41) is 10.5. The van der Waals surface area contributed by atoms with Gasteiger partial charge in [-0.05, 0) is 56.5 Å². The first-order valence-electron chi connectivity index (χ1n) is 9.96. The highest BCUT2D eigenvalue weighted by atomic mass is 16.5. The van der Waals surface area contributed by atoms with Gasteiger partial charge in [-0.1, -0.05) is 36.4 Å². The molecule has 6 nitrogen and oxygen atoms in total. The van der Waals surface area contributed by atoms with Crippen LogP contribution in [0.4, 0.5) is 10.5 Å². The van der Waals surface area contributed by atoms with Crippen LogP contribution in [-0.2, 0) is 4.74 Å². The van der Waals surface area contributed by atoms with Crippen molar-refractivity contribution in [2.24, 2.45) is 0 Å². The van der Waals surface area contributed by atoms with Gasteiger partial charge in [-0.25, -0.2) is 9.48 Å². The number of nitrogens with one attached hydrogen (secondary N) is 2. The molecule has 29 heavy (non-hydrogen) atoms. The Bertz CT molecular complexity index is 984. The van der Waals surface area contributed by atoms with Gasteiger partial charge in [0.2, 0.25) is 0 Å². The van der Waals surface area contributed by atoms with Gasteiger partial charge >= 0.3 is 6.03 Å². The van der Waals surface area contributed by atoms with Crippen LogP contribution in [0.1, 0.15) is 35.9 Å². The number of carbonyl (C=O) groups is 1. The maximum absolute atomic E-state index is 12.6. The van der Waals surface area contributed by atoms with Crippen LogP contribution in [0.15, 0.2) is 60.7 Å². The van der Waals surface area contributed by atoms with Crippen LogP contribution in [-0.4, -0.2) is 28.5 Å². The van der Waals surface area contributed by atoms with Crippen molar-refractivity contribution >= 4 is 11.7 Å². The van der Waals surface area contributed by atoms with E-state index in [2.05, 4.69) is 27.9 Å². The molecular formula is C23H26N4O2. The number of nitrogens with zero attached hydrogens (tertiary/aromatic N) is 2. The first kappa shape index (κ1) is 19.2. The van der Waals surface area contributed by atoms with E-state index in [1.807, 2.05) is 67.1 Å². The lowest BCUT2D eigenvalue weighted by Crippen LogP contribution is -2.42. The lowest BCUT2D eigenvalue weighted by atomic mass is 9.97. The van der Waals surface area contributed by atoms with Gasteiger partial charge in [0.25, 0.3) is 0 Å². The van der Waals surface area contributed by atoms with Crippen molar-refractivity contribution in [1.82, 2.24) is 15.1 Å². The molecule has 2 aromatic carbocycles. The average molecular weight is 390 g/mol. The van der Waals surface area contributed by atoms with Gasteiger partial charge in [0.15, 0.2) is 0 Å². The number of hydrogen-bond acceptors (Lipinski definition) is 3. The summed E-state index contributed by atoms with van der Waals surface area (Å²) in [7, 11) is 0. The molecule has 2 N–H and O–H groups in total. The summed E-state index contributed by atoms with van der Waals surface area (Å²) >= 11 is 0. The highest BCUT2D eigenvalue weighted by Gasteiger charge is 2.25. The first-order chi connectivity index (χ1) is 14.1. The Kier molecular flexibility index (Phi) is 5.62. The van der Waals surface area contributed by atoms with Crippen molar-refractivity contribution in [2.45, 2.75) is 38.8 Å². The summed E-state index contributed by atoms with van der Waals surface area (Å²) in [5.74, 6) is 0. The fraction of sp³-hybridized carbons (Fsp3) is 0.304. The molecule has 0 bridgehead atoms. The number of anilines is 1. The monoisotopic (exact) mass is 390 g/mol. The fourth-order valence-corrected chi connectivity index (χ4v) is 3.79. The number of hydrogen-bond donors (Lipinski definition) is 2. The van der Waals surface area contributed by atoms with Crippen LogP contribution in [0.5, 0.6) is 0 Å². The van der Waals surface area contributed by atoms with Crippen LogP contribution < -0.4 is 10.6 Å². The van der Waals surface area contributed by atoms with Crippen molar-refractivity contribution in [2.75, 3.05) is 11.9 Å². The lowest BCUT2D eigenvalue weighted by Gasteiger charge is -2.30. The number of benzene rings is 2. The van der Waals surface area contributed by atoms with Gasteiger partial charge in [0, 0.05) is 24.0 Å². The maximum atomic E-state index is 12.6. The Morgan fingerprint density at radius 1 is 1.10 bits per heavy atom. The van der Waals surface area contributed by atoms with E-state index < -0.39 is 0 Å². The normalized spacial score (nSPS) is 19.0. The van der Waals surface area contributed by atoms with E-state index in [1.54, 1.807) is 0 Å². The molecule has 150 valence electrons. The molecule has 3 aromatic rings. The Labute approximate surface area is 170 Å². The molecule has 2 amide bonds. The van der Waals surface area contributed by atoms with Gasteiger partial charge in [-0.3, -0.25) is 0 Å². The van der Waals surface area contributed by atoms with Crippen molar-refractivity contribution < 1.29 is 9.53 Å². The van der Waals surface area contributed by atoms with E-state index >= 15 is 0 Å². The van der Waals surface area contributed by atoms with Gasteiger partial charge in [-0.2, -0.15) is 5.10 Å². The molecule has 1 aromatic heterocycles. The van der Waals surface area contributed by atoms with E-state index in [-0.39, 0.29) is 18.2 Å². The molecule has 0 unspecified atom stereocenters. The predicted octanol–water partition coefficient (Wildman–Crippen LogP) is 4.53. The summed E-state index contributed by atoms with van der Waals surface area (Å²) in [6.07, 6.45) is 1.59. The van der Waals surface area contributed by atoms with Crippen LogP contribution >= 0.6 is 0 Å². The van der Waals surface area contributed by atoms with Crippen LogP contribution in [0.3, 0.4) is 0 Å². The number of ether oxygens (including phenoxy) is 1. The Morgan fingerprint density at radius 3 is 2.69 bits per heavy atom. The van der Waals surface area contributed by atoms with Crippen molar-refractivity contribution in [1.29, 1.82) is 0 Å². The summed E-state index contributed by atoms with van der Waals surface area (Å²) in [5.41, 5.74) is 4.82. The van der Waals surface area contributed by atoms with Crippen molar-refractivity contribution in [3.8, 4) is 5.69 Å². The molecule has 1 aliphatic heterocycles. The molecule has 4 rings (SSSR count).